The summed E-state index contributed by atoms with van der Waals surface area (Å²) in [7, 11) is 3.27. The summed E-state index contributed by atoms with van der Waals surface area (Å²) in [5.74, 6) is 1.46. The normalized spacial score (nSPS) is 10.2. The largest absolute Gasteiger partial charge is 0.493 e. The van der Waals surface area contributed by atoms with Crippen molar-refractivity contribution in [2.45, 2.75) is 6.92 Å². The molecule has 2 aromatic rings. The SMILES string of the molecule is COc1ccc(-c2ncsc2C)cc1OC. The summed E-state index contributed by atoms with van der Waals surface area (Å²) in [5.41, 5.74) is 3.91. The second kappa shape index (κ2) is 4.53. The van der Waals surface area contributed by atoms with Gasteiger partial charge >= 0.3 is 0 Å². The van der Waals surface area contributed by atoms with Crippen molar-refractivity contribution in [2.75, 3.05) is 14.2 Å². The van der Waals surface area contributed by atoms with Crippen LogP contribution in [0.1, 0.15) is 4.88 Å². The molecule has 0 radical (unpaired) electrons. The average Bonchev–Trinajstić information content (AvgIpc) is 2.74. The van der Waals surface area contributed by atoms with Crippen LogP contribution >= 0.6 is 11.3 Å². The van der Waals surface area contributed by atoms with Crippen molar-refractivity contribution in [3.8, 4) is 22.8 Å². The summed E-state index contributed by atoms with van der Waals surface area (Å²) >= 11 is 1.64. The van der Waals surface area contributed by atoms with Gasteiger partial charge in [0.15, 0.2) is 11.5 Å². The van der Waals surface area contributed by atoms with E-state index in [1.165, 1.54) is 4.88 Å². The van der Waals surface area contributed by atoms with Gasteiger partial charge in [-0.25, -0.2) is 4.98 Å². The lowest BCUT2D eigenvalue weighted by Gasteiger charge is -2.08. The minimum Gasteiger partial charge on any atom is -0.493 e. The fourth-order valence-corrected chi connectivity index (χ4v) is 2.16. The first kappa shape index (κ1) is 11.0. The molecular weight excluding hydrogens is 222 g/mol. The molecule has 0 saturated heterocycles. The molecule has 2 rings (SSSR count). The van der Waals surface area contributed by atoms with Gasteiger partial charge < -0.3 is 9.47 Å². The van der Waals surface area contributed by atoms with Gasteiger partial charge in [0, 0.05) is 10.4 Å². The maximum Gasteiger partial charge on any atom is 0.161 e. The summed E-state index contributed by atoms with van der Waals surface area (Å²) < 4.78 is 10.5. The third-order valence-electron chi connectivity index (χ3n) is 2.40. The summed E-state index contributed by atoms with van der Waals surface area (Å²) in [6.07, 6.45) is 0. The van der Waals surface area contributed by atoms with Crippen LogP contribution in [0.15, 0.2) is 23.7 Å². The van der Waals surface area contributed by atoms with Crippen LogP contribution in [0.25, 0.3) is 11.3 Å². The third kappa shape index (κ3) is 1.88. The van der Waals surface area contributed by atoms with E-state index in [9.17, 15) is 0 Å². The van der Waals surface area contributed by atoms with Gasteiger partial charge in [-0.3, -0.25) is 0 Å². The highest BCUT2D eigenvalue weighted by Gasteiger charge is 2.09. The van der Waals surface area contributed by atoms with Gasteiger partial charge in [-0.2, -0.15) is 0 Å². The van der Waals surface area contributed by atoms with E-state index >= 15 is 0 Å². The summed E-state index contributed by atoms with van der Waals surface area (Å²) in [5, 5.41) is 0. The van der Waals surface area contributed by atoms with Gasteiger partial charge in [0.05, 0.1) is 25.4 Å². The molecule has 0 aliphatic rings. The maximum absolute atomic E-state index is 5.27. The van der Waals surface area contributed by atoms with Crippen LogP contribution in [0.5, 0.6) is 11.5 Å². The van der Waals surface area contributed by atoms with Gasteiger partial charge in [0.1, 0.15) is 0 Å². The Morgan fingerprint density at radius 1 is 1.12 bits per heavy atom. The highest BCUT2D eigenvalue weighted by molar-refractivity contribution is 7.10. The molecule has 0 atom stereocenters. The Morgan fingerprint density at radius 3 is 2.44 bits per heavy atom. The third-order valence-corrected chi connectivity index (χ3v) is 3.16. The predicted octanol–water partition coefficient (Wildman–Crippen LogP) is 3.14. The van der Waals surface area contributed by atoms with E-state index in [-0.39, 0.29) is 0 Å². The molecule has 1 aromatic carbocycles. The van der Waals surface area contributed by atoms with Crippen LogP contribution < -0.4 is 9.47 Å². The molecule has 1 aromatic heterocycles. The number of nitrogens with zero attached hydrogens (tertiary/aromatic N) is 1. The molecule has 3 nitrogen and oxygen atoms in total. The van der Waals surface area contributed by atoms with Crippen LogP contribution in [-0.2, 0) is 0 Å². The van der Waals surface area contributed by atoms with E-state index in [2.05, 4.69) is 11.9 Å². The molecule has 0 aliphatic heterocycles. The summed E-state index contributed by atoms with van der Waals surface area (Å²) in [4.78, 5) is 5.54. The molecule has 0 fully saturated rings. The van der Waals surface area contributed by atoms with Gasteiger partial charge in [-0.1, -0.05) is 0 Å². The highest BCUT2D eigenvalue weighted by Crippen LogP contribution is 2.33. The van der Waals surface area contributed by atoms with Crippen molar-refractivity contribution in [3.63, 3.8) is 0 Å². The zero-order valence-electron chi connectivity index (χ0n) is 9.48. The Hall–Kier alpha value is -1.55. The van der Waals surface area contributed by atoms with E-state index < -0.39 is 0 Å². The summed E-state index contributed by atoms with van der Waals surface area (Å²) in [6, 6.07) is 5.83. The number of hydrogen-bond acceptors (Lipinski definition) is 4. The molecule has 0 N–H and O–H groups in total. The van der Waals surface area contributed by atoms with Gasteiger partial charge in [0.2, 0.25) is 0 Å². The quantitative estimate of drug-likeness (QED) is 0.819. The number of aryl methyl sites for hydroxylation is 1. The fourth-order valence-electron chi connectivity index (χ4n) is 1.57. The van der Waals surface area contributed by atoms with Crippen LogP contribution in [0.2, 0.25) is 0 Å². The Balaban J connectivity index is 2.48. The molecular formula is C12H13NO2S. The van der Waals surface area contributed by atoms with Gasteiger partial charge in [0.25, 0.3) is 0 Å². The van der Waals surface area contributed by atoms with Crippen molar-refractivity contribution in [1.29, 1.82) is 0 Å². The smallest absolute Gasteiger partial charge is 0.161 e. The zero-order valence-corrected chi connectivity index (χ0v) is 10.3. The number of aromatic nitrogens is 1. The predicted molar refractivity (Wildman–Crippen MR) is 65.4 cm³/mol. The zero-order chi connectivity index (χ0) is 11.5. The molecule has 1 heterocycles. The van der Waals surface area contributed by atoms with Crippen molar-refractivity contribution < 1.29 is 9.47 Å². The molecule has 84 valence electrons. The lowest BCUT2D eigenvalue weighted by atomic mass is 10.1. The second-order valence-corrected chi connectivity index (χ2v) is 4.39. The number of methoxy groups -OCH3 is 2. The van der Waals surface area contributed by atoms with Crippen molar-refractivity contribution in [2.24, 2.45) is 0 Å². The Morgan fingerprint density at radius 2 is 1.88 bits per heavy atom. The molecule has 0 amide bonds. The van der Waals surface area contributed by atoms with E-state index in [0.29, 0.717) is 0 Å². The minimum atomic E-state index is 0.729. The summed E-state index contributed by atoms with van der Waals surface area (Å²) in [6.45, 7) is 2.06. The monoisotopic (exact) mass is 235 g/mol. The van der Waals surface area contributed by atoms with Crippen LogP contribution in [0, 0.1) is 6.92 Å². The van der Waals surface area contributed by atoms with Crippen LogP contribution in [0.3, 0.4) is 0 Å². The first-order valence-electron chi connectivity index (χ1n) is 4.88. The maximum atomic E-state index is 5.27. The first-order chi connectivity index (χ1) is 7.76. The van der Waals surface area contributed by atoms with Crippen LogP contribution in [0.4, 0.5) is 0 Å². The lowest BCUT2D eigenvalue weighted by Crippen LogP contribution is -1.91. The number of rotatable bonds is 3. The molecule has 0 aliphatic carbocycles. The Bertz CT molecular complexity index is 494. The molecule has 4 heteroatoms. The van der Waals surface area contributed by atoms with E-state index in [0.717, 1.165) is 22.8 Å². The van der Waals surface area contributed by atoms with E-state index in [4.69, 9.17) is 9.47 Å². The molecule has 0 unspecified atom stereocenters. The number of benzene rings is 1. The van der Waals surface area contributed by atoms with Crippen LogP contribution in [-0.4, -0.2) is 19.2 Å². The van der Waals surface area contributed by atoms with E-state index in [1.54, 1.807) is 25.6 Å². The Labute approximate surface area is 98.7 Å². The number of hydrogen-bond donors (Lipinski definition) is 0. The average molecular weight is 235 g/mol. The standard InChI is InChI=1S/C12H13NO2S/c1-8-12(13-7-16-8)9-4-5-10(14-2)11(6-9)15-3/h4-7H,1-3H3. The Kier molecular flexibility index (Phi) is 3.10. The first-order valence-corrected chi connectivity index (χ1v) is 5.76. The second-order valence-electron chi connectivity index (χ2n) is 3.33. The highest BCUT2D eigenvalue weighted by atomic mass is 32.1. The van der Waals surface area contributed by atoms with Gasteiger partial charge in [-0.05, 0) is 25.1 Å². The van der Waals surface area contributed by atoms with Crippen molar-refractivity contribution in [3.05, 3.63) is 28.6 Å². The van der Waals surface area contributed by atoms with E-state index in [1.807, 2.05) is 23.7 Å². The molecule has 0 spiro atoms. The van der Waals surface area contributed by atoms with Crippen molar-refractivity contribution >= 4 is 11.3 Å². The minimum absolute atomic E-state index is 0.729. The molecule has 0 bridgehead atoms. The topological polar surface area (TPSA) is 31.4 Å². The lowest BCUT2D eigenvalue weighted by molar-refractivity contribution is 0.355. The number of ether oxygens (including phenoxy) is 2. The number of thiazole rings is 1. The molecule has 0 saturated carbocycles. The fraction of sp³-hybridized carbons (Fsp3) is 0.250. The van der Waals surface area contributed by atoms with Gasteiger partial charge in [-0.15, -0.1) is 11.3 Å². The molecule has 16 heavy (non-hydrogen) atoms. The van der Waals surface area contributed by atoms with Crippen molar-refractivity contribution in [1.82, 2.24) is 4.98 Å².